The molecule has 0 atom stereocenters. The SMILES string of the molecule is Nc1nc(CN2CCOCC2)nc(N2CCCCC2)n1. The average Bonchev–Trinajstić information content (AvgIpc) is 2.49. The minimum atomic E-state index is 0.323. The Kier molecular flexibility index (Phi) is 4.27. The van der Waals surface area contributed by atoms with Crippen LogP contribution >= 0.6 is 0 Å². The van der Waals surface area contributed by atoms with Crippen LogP contribution in [0, 0.1) is 0 Å². The first-order valence-electron chi connectivity index (χ1n) is 7.37. The summed E-state index contributed by atoms with van der Waals surface area (Å²) in [6.07, 6.45) is 3.69. The van der Waals surface area contributed by atoms with E-state index < -0.39 is 0 Å². The van der Waals surface area contributed by atoms with Crippen molar-refractivity contribution in [2.75, 3.05) is 50.0 Å². The fourth-order valence-corrected chi connectivity index (χ4v) is 2.69. The van der Waals surface area contributed by atoms with Gasteiger partial charge in [-0.15, -0.1) is 0 Å². The van der Waals surface area contributed by atoms with Gasteiger partial charge in [0.05, 0.1) is 19.8 Å². The zero-order valence-electron chi connectivity index (χ0n) is 11.8. The van der Waals surface area contributed by atoms with Crippen LogP contribution in [0.25, 0.3) is 0 Å². The van der Waals surface area contributed by atoms with E-state index in [1.54, 1.807) is 0 Å². The van der Waals surface area contributed by atoms with Crippen molar-refractivity contribution < 1.29 is 4.74 Å². The van der Waals surface area contributed by atoms with Gasteiger partial charge in [0.15, 0.2) is 0 Å². The second-order valence-electron chi connectivity index (χ2n) is 5.35. The van der Waals surface area contributed by atoms with E-state index in [0.29, 0.717) is 5.95 Å². The number of hydrogen-bond acceptors (Lipinski definition) is 7. The van der Waals surface area contributed by atoms with Gasteiger partial charge in [-0.05, 0) is 19.3 Å². The summed E-state index contributed by atoms with van der Waals surface area (Å²) in [6, 6.07) is 0. The summed E-state index contributed by atoms with van der Waals surface area (Å²) < 4.78 is 5.35. The Morgan fingerprint density at radius 1 is 0.950 bits per heavy atom. The van der Waals surface area contributed by atoms with Crippen molar-refractivity contribution in [3.05, 3.63) is 5.82 Å². The van der Waals surface area contributed by atoms with Gasteiger partial charge in [0.1, 0.15) is 5.82 Å². The van der Waals surface area contributed by atoms with Crippen molar-refractivity contribution in [2.24, 2.45) is 0 Å². The molecule has 110 valence electrons. The third kappa shape index (κ3) is 3.34. The third-order valence-electron chi connectivity index (χ3n) is 3.79. The predicted octanol–water partition coefficient (Wildman–Crippen LogP) is 0.276. The summed E-state index contributed by atoms with van der Waals surface area (Å²) in [6.45, 7) is 6.15. The highest BCUT2D eigenvalue weighted by molar-refractivity contribution is 5.35. The van der Waals surface area contributed by atoms with Gasteiger partial charge in [0.2, 0.25) is 11.9 Å². The number of ether oxygens (including phenoxy) is 1. The van der Waals surface area contributed by atoms with Gasteiger partial charge < -0.3 is 15.4 Å². The number of morpholine rings is 1. The molecule has 7 nitrogen and oxygen atoms in total. The van der Waals surface area contributed by atoms with Crippen LogP contribution in [0.5, 0.6) is 0 Å². The van der Waals surface area contributed by atoms with E-state index in [2.05, 4.69) is 24.8 Å². The molecule has 1 aromatic heterocycles. The first-order chi connectivity index (χ1) is 9.81. The molecule has 20 heavy (non-hydrogen) atoms. The second kappa shape index (κ2) is 6.32. The third-order valence-corrected chi connectivity index (χ3v) is 3.79. The first kappa shape index (κ1) is 13.5. The van der Waals surface area contributed by atoms with E-state index in [9.17, 15) is 0 Å². The average molecular weight is 278 g/mol. The van der Waals surface area contributed by atoms with Gasteiger partial charge >= 0.3 is 0 Å². The highest BCUT2D eigenvalue weighted by Crippen LogP contribution is 2.16. The highest BCUT2D eigenvalue weighted by atomic mass is 16.5. The number of nitrogen functional groups attached to an aromatic ring is 1. The molecule has 2 fully saturated rings. The number of hydrogen-bond donors (Lipinski definition) is 1. The molecule has 0 spiro atoms. The Bertz CT molecular complexity index is 442. The monoisotopic (exact) mass is 278 g/mol. The number of aromatic nitrogens is 3. The molecule has 0 amide bonds. The van der Waals surface area contributed by atoms with Crippen molar-refractivity contribution in [2.45, 2.75) is 25.8 Å². The minimum Gasteiger partial charge on any atom is -0.379 e. The number of nitrogens with zero attached hydrogens (tertiary/aromatic N) is 5. The normalized spacial score (nSPS) is 21.1. The molecule has 2 aliphatic rings. The van der Waals surface area contributed by atoms with Crippen molar-refractivity contribution in [1.82, 2.24) is 19.9 Å². The van der Waals surface area contributed by atoms with Crippen LogP contribution in [-0.4, -0.2) is 59.2 Å². The Morgan fingerprint density at radius 2 is 1.70 bits per heavy atom. The lowest BCUT2D eigenvalue weighted by Gasteiger charge is -2.28. The zero-order chi connectivity index (χ0) is 13.8. The summed E-state index contributed by atoms with van der Waals surface area (Å²) in [5, 5.41) is 0. The zero-order valence-corrected chi connectivity index (χ0v) is 11.8. The summed E-state index contributed by atoms with van der Waals surface area (Å²) in [5.74, 6) is 1.82. The van der Waals surface area contributed by atoms with Crippen LogP contribution < -0.4 is 10.6 Å². The van der Waals surface area contributed by atoms with Crippen LogP contribution in [0.3, 0.4) is 0 Å². The highest BCUT2D eigenvalue weighted by Gasteiger charge is 2.17. The standard InChI is InChI=1S/C13H22N6O/c14-12-15-11(10-18-6-8-20-9-7-18)16-13(17-12)19-4-2-1-3-5-19/h1-10H2,(H2,14,15,16,17). The van der Waals surface area contributed by atoms with Crippen LogP contribution in [-0.2, 0) is 11.3 Å². The maximum Gasteiger partial charge on any atom is 0.230 e. The molecule has 0 aromatic carbocycles. The van der Waals surface area contributed by atoms with E-state index in [1.165, 1.54) is 19.3 Å². The van der Waals surface area contributed by atoms with E-state index >= 15 is 0 Å². The molecule has 0 unspecified atom stereocenters. The fraction of sp³-hybridized carbons (Fsp3) is 0.769. The first-order valence-corrected chi connectivity index (χ1v) is 7.37. The maximum absolute atomic E-state index is 5.84. The Labute approximate surface area is 119 Å². The lowest BCUT2D eigenvalue weighted by molar-refractivity contribution is 0.0330. The molecule has 0 bridgehead atoms. The van der Waals surface area contributed by atoms with E-state index in [0.717, 1.165) is 57.7 Å². The van der Waals surface area contributed by atoms with Gasteiger partial charge in [-0.25, -0.2) is 0 Å². The smallest absolute Gasteiger partial charge is 0.230 e. The fourth-order valence-electron chi connectivity index (χ4n) is 2.69. The molecule has 0 saturated carbocycles. The summed E-state index contributed by atoms with van der Waals surface area (Å²) in [7, 11) is 0. The van der Waals surface area contributed by atoms with Crippen molar-refractivity contribution in [3.8, 4) is 0 Å². The van der Waals surface area contributed by atoms with Crippen molar-refractivity contribution >= 4 is 11.9 Å². The Hall–Kier alpha value is -1.47. The molecular weight excluding hydrogens is 256 g/mol. The number of piperidine rings is 1. The summed E-state index contributed by atoms with van der Waals surface area (Å²) in [5.41, 5.74) is 5.84. The number of nitrogens with two attached hydrogens (primary N) is 1. The maximum atomic E-state index is 5.84. The van der Waals surface area contributed by atoms with Gasteiger partial charge in [-0.2, -0.15) is 15.0 Å². The molecule has 0 radical (unpaired) electrons. The predicted molar refractivity (Wildman–Crippen MR) is 76.4 cm³/mol. The molecule has 2 aliphatic heterocycles. The Morgan fingerprint density at radius 3 is 2.45 bits per heavy atom. The second-order valence-corrected chi connectivity index (χ2v) is 5.35. The molecule has 2 N–H and O–H groups in total. The largest absolute Gasteiger partial charge is 0.379 e. The molecule has 7 heteroatoms. The lowest BCUT2D eigenvalue weighted by Crippen LogP contribution is -2.37. The van der Waals surface area contributed by atoms with Gasteiger partial charge in [0.25, 0.3) is 0 Å². The molecule has 3 rings (SSSR count). The topological polar surface area (TPSA) is 80.4 Å². The molecule has 2 saturated heterocycles. The van der Waals surface area contributed by atoms with Crippen molar-refractivity contribution in [3.63, 3.8) is 0 Å². The van der Waals surface area contributed by atoms with Gasteiger partial charge in [-0.3, -0.25) is 4.90 Å². The number of rotatable bonds is 3. The molecular formula is C13H22N6O. The van der Waals surface area contributed by atoms with E-state index in [-0.39, 0.29) is 0 Å². The molecule has 0 aliphatic carbocycles. The number of anilines is 2. The van der Waals surface area contributed by atoms with Crippen LogP contribution in [0.15, 0.2) is 0 Å². The van der Waals surface area contributed by atoms with E-state index in [4.69, 9.17) is 10.5 Å². The summed E-state index contributed by atoms with van der Waals surface area (Å²) in [4.78, 5) is 17.7. The lowest BCUT2D eigenvalue weighted by atomic mass is 10.1. The van der Waals surface area contributed by atoms with Crippen LogP contribution in [0.1, 0.15) is 25.1 Å². The Balaban J connectivity index is 1.71. The van der Waals surface area contributed by atoms with Gasteiger partial charge in [-0.1, -0.05) is 0 Å². The van der Waals surface area contributed by atoms with Crippen molar-refractivity contribution in [1.29, 1.82) is 0 Å². The molecule has 3 heterocycles. The molecule has 1 aromatic rings. The van der Waals surface area contributed by atoms with E-state index in [1.807, 2.05) is 0 Å². The minimum absolute atomic E-state index is 0.323. The van der Waals surface area contributed by atoms with Gasteiger partial charge in [0, 0.05) is 26.2 Å². The van der Waals surface area contributed by atoms with Crippen LogP contribution in [0.4, 0.5) is 11.9 Å². The summed E-state index contributed by atoms with van der Waals surface area (Å²) >= 11 is 0. The van der Waals surface area contributed by atoms with Crippen LogP contribution in [0.2, 0.25) is 0 Å². The quantitative estimate of drug-likeness (QED) is 0.850.